The van der Waals surface area contributed by atoms with Gasteiger partial charge >= 0.3 is 0 Å². The number of halogens is 1. The van der Waals surface area contributed by atoms with E-state index in [9.17, 15) is 4.79 Å². The van der Waals surface area contributed by atoms with E-state index in [0.29, 0.717) is 12.3 Å². The van der Waals surface area contributed by atoms with Crippen LogP contribution < -0.4 is 5.32 Å². The van der Waals surface area contributed by atoms with Gasteiger partial charge in [-0.1, -0.05) is 22.0 Å². The highest BCUT2D eigenvalue weighted by molar-refractivity contribution is 9.10. The second-order valence-corrected chi connectivity index (χ2v) is 5.93. The number of rotatable bonds is 5. The zero-order valence-corrected chi connectivity index (χ0v) is 14.1. The molecule has 2 heterocycles. The molecule has 0 unspecified atom stereocenters. The van der Waals surface area contributed by atoms with Gasteiger partial charge in [-0.05, 0) is 24.3 Å². The van der Waals surface area contributed by atoms with Gasteiger partial charge in [0.05, 0.1) is 23.7 Å². The number of aromatic nitrogens is 3. The molecule has 2 aromatic heterocycles. The summed E-state index contributed by atoms with van der Waals surface area (Å²) in [7, 11) is 0. The number of nitriles is 1. The van der Waals surface area contributed by atoms with Crippen molar-refractivity contribution in [2.75, 3.05) is 6.54 Å². The van der Waals surface area contributed by atoms with E-state index in [0.717, 1.165) is 21.1 Å². The van der Waals surface area contributed by atoms with Crippen LogP contribution in [0.4, 0.5) is 0 Å². The van der Waals surface area contributed by atoms with Gasteiger partial charge < -0.3 is 9.73 Å². The normalized spacial score (nSPS) is 10.5. The quantitative estimate of drug-likeness (QED) is 0.674. The molecule has 0 aliphatic rings. The summed E-state index contributed by atoms with van der Waals surface area (Å²) in [6.45, 7) is -0.0447. The Kier molecular flexibility index (Phi) is 4.82. The number of benzene rings is 1. The lowest BCUT2D eigenvalue weighted by Gasteiger charge is -2.01. The van der Waals surface area contributed by atoms with Crippen molar-refractivity contribution in [3.63, 3.8) is 0 Å². The highest BCUT2D eigenvalue weighted by Gasteiger charge is 2.12. The third-order valence-corrected chi connectivity index (χ3v) is 3.72. The van der Waals surface area contributed by atoms with Crippen LogP contribution in [-0.4, -0.2) is 27.6 Å². The fourth-order valence-corrected chi connectivity index (χ4v) is 2.54. The number of hydrogen-bond acceptors (Lipinski definition) is 6. The first kappa shape index (κ1) is 16.1. The van der Waals surface area contributed by atoms with Crippen molar-refractivity contribution in [1.82, 2.24) is 20.5 Å². The minimum Gasteiger partial charge on any atom is -0.424 e. The first-order valence-electron chi connectivity index (χ1n) is 7.14. The van der Waals surface area contributed by atoms with Gasteiger partial charge in [-0.15, -0.1) is 10.2 Å². The summed E-state index contributed by atoms with van der Waals surface area (Å²) in [5.41, 5.74) is 1.68. The Morgan fingerprint density at radius 1 is 1.25 bits per heavy atom. The predicted octanol–water partition coefficient (Wildman–Crippen LogP) is 2.15. The molecule has 0 bridgehead atoms. The molecule has 0 fully saturated rings. The average molecular weight is 386 g/mol. The van der Waals surface area contributed by atoms with Crippen molar-refractivity contribution in [2.24, 2.45) is 0 Å². The van der Waals surface area contributed by atoms with Gasteiger partial charge in [0, 0.05) is 9.86 Å². The van der Waals surface area contributed by atoms with Gasteiger partial charge in [-0.3, -0.25) is 9.78 Å². The second-order valence-electron chi connectivity index (χ2n) is 5.02. The Morgan fingerprint density at radius 2 is 2.08 bits per heavy atom. The van der Waals surface area contributed by atoms with Crippen molar-refractivity contribution in [2.45, 2.75) is 12.8 Å². The standard InChI is InChI=1S/C16H12BrN5O2/c17-11-2-4-13-10(7-11)1-3-12(20-13)8-15-21-22-16(24-15)9-14(23)19-6-5-18/h1-4,7H,6,8-9H2,(H,19,23). The van der Waals surface area contributed by atoms with Gasteiger partial charge in [0.15, 0.2) is 0 Å². The maximum Gasteiger partial charge on any atom is 0.230 e. The number of nitrogens with one attached hydrogen (secondary N) is 1. The first-order valence-corrected chi connectivity index (χ1v) is 7.93. The van der Waals surface area contributed by atoms with Crippen molar-refractivity contribution in [3.8, 4) is 6.07 Å². The Morgan fingerprint density at radius 3 is 2.92 bits per heavy atom. The molecular formula is C16H12BrN5O2. The SMILES string of the molecule is N#CCNC(=O)Cc1nnc(Cc2ccc3cc(Br)ccc3n2)o1. The molecule has 0 saturated heterocycles. The lowest BCUT2D eigenvalue weighted by Crippen LogP contribution is -2.25. The van der Waals surface area contributed by atoms with E-state index in [1.807, 2.05) is 36.4 Å². The van der Waals surface area contributed by atoms with Crippen LogP contribution >= 0.6 is 15.9 Å². The molecule has 0 saturated carbocycles. The molecule has 1 aromatic carbocycles. The lowest BCUT2D eigenvalue weighted by molar-refractivity contribution is -0.120. The minimum absolute atomic E-state index is 0.0447. The molecule has 0 aliphatic carbocycles. The van der Waals surface area contributed by atoms with Crippen LogP contribution in [0.5, 0.6) is 0 Å². The highest BCUT2D eigenvalue weighted by atomic mass is 79.9. The van der Waals surface area contributed by atoms with Crippen LogP contribution in [0.15, 0.2) is 39.2 Å². The molecule has 8 heteroatoms. The fraction of sp³-hybridized carbons (Fsp3) is 0.188. The molecule has 24 heavy (non-hydrogen) atoms. The molecule has 0 radical (unpaired) electrons. The van der Waals surface area contributed by atoms with Gasteiger partial charge in [0.25, 0.3) is 0 Å². The average Bonchev–Trinajstić information content (AvgIpc) is 3.00. The third-order valence-electron chi connectivity index (χ3n) is 3.23. The molecule has 1 N–H and O–H groups in total. The summed E-state index contributed by atoms with van der Waals surface area (Å²) in [6.07, 6.45) is 0.340. The van der Waals surface area contributed by atoms with E-state index < -0.39 is 0 Å². The number of pyridine rings is 1. The molecular weight excluding hydrogens is 374 g/mol. The van der Waals surface area contributed by atoms with E-state index >= 15 is 0 Å². The molecule has 3 rings (SSSR count). The number of carbonyl (C=O) groups excluding carboxylic acids is 1. The number of carbonyl (C=O) groups is 1. The molecule has 0 atom stereocenters. The van der Waals surface area contributed by atoms with Crippen molar-refractivity contribution in [1.29, 1.82) is 5.26 Å². The molecule has 0 aliphatic heterocycles. The van der Waals surface area contributed by atoms with Gasteiger partial charge in [-0.2, -0.15) is 5.26 Å². The number of fused-ring (bicyclic) bond motifs is 1. The molecule has 120 valence electrons. The van der Waals surface area contributed by atoms with Crippen LogP contribution in [0.1, 0.15) is 17.5 Å². The van der Waals surface area contributed by atoms with Crippen LogP contribution in [0.3, 0.4) is 0 Å². The van der Waals surface area contributed by atoms with Crippen molar-refractivity contribution in [3.05, 3.63) is 52.3 Å². The predicted molar refractivity (Wildman–Crippen MR) is 88.9 cm³/mol. The Labute approximate surface area is 145 Å². The zero-order chi connectivity index (χ0) is 16.9. The van der Waals surface area contributed by atoms with Crippen molar-refractivity contribution < 1.29 is 9.21 Å². The van der Waals surface area contributed by atoms with Crippen LogP contribution in [0.2, 0.25) is 0 Å². The number of hydrogen-bond donors (Lipinski definition) is 1. The van der Waals surface area contributed by atoms with Gasteiger partial charge in [0.1, 0.15) is 13.0 Å². The highest BCUT2D eigenvalue weighted by Crippen LogP contribution is 2.19. The molecule has 1 amide bonds. The zero-order valence-electron chi connectivity index (χ0n) is 12.5. The molecule has 3 aromatic rings. The van der Waals surface area contributed by atoms with E-state index in [4.69, 9.17) is 9.68 Å². The molecule has 0 spiro atoms. The van der Waals surface area contributed by atoms with E-state index in [1.165, 1.54) is 0 Å². The summed E-state index contributed by atoms with van der Waals surface area (Å²) in [6, 6.07) is 11.6. The Bertz CT molecular complexity index is 932. The number of amides is 1. The monoisotopic (exact) mass is 385 g/mol. The second kappa shape index (κ2) is 7.19. The maximum absolute atomic E-state index is 11.5. The number of nitrogens with zero attached hydrogens (tertiary/aromatic N) is 4. The Balaban J connectivity index is 1.69. The summed E-state index contributed by atoms with van der Waals surface area (Å²) in [5.74, 6) is 0.272. The summed E-state index contributed by atoms with van der Waals surface area (Å²) < 4.78 is 6.46. The van der Waals surface area contributed by atoms with E-state index in [2.05, 4.69) is 36.4 Å². The van der Waals surface area contributed by atoms with Crippen LogP contribution in [0.25, 0.3) is 10.9 Å². The van der Waals surface area contributed by atoms with Crippen LogP contribution in [0, 0.1) is 11.3 Å². The minimum atomic E-state index is -0.332. The maximum atomic E-state index is 11.5. The summed E-state index contributed by atoms with van der Waals surface area (Å²) in [4.78, 5) is 16.1. The summed E-state index contributed by atoms with van der Waals surface area (Å²) in [5, 5.41) is 19.6. The summed E-state index contributed by atoms with van der Waals surface area (Å²) >= 11 is 3.43. The fourth-order valence-electron chi connectivity index (χ4n) is 2.16. The Hall–Kier alpha value is -2.79. The van der Waals surface area contributed by atoms with E-state index in [-0.39, 0.29) is 24.8 Å². The van der Waals surface area contributed by atoms with Crippen LogP contribution in [-0.2, 0) is 17.6 Å². The first-order chi connectivity index (χ1) is 11.6. The largest absolute Gasteiger partial charge is 0.424 e. The van der Waals surface area contributed by atoms with Gasteiger partial charge in [0.2, 0.25) is 17.7 Å². The third kappa shape index (κ3) is 3.94. The topological polar surface area (TPSA) is 105 Å². The van der Waals surface area contributed by atoms with Crippen molar-refractivity contribution >= 4 is 32.7 Å². The molecule has 7 nitrogen and oxygen atoms in total. The van der Waals surface area contributed by atoms with Gasteiger partial charge in [-0.25, -0.2) is 0 Å². The smallest absolute Gasteiger partial charge is 0.230 e. The lowest BCUT2D eigenvalue weighted by atomic mass is 10.2. The van der Waals surface area contributed by atoms with E-state index in [1.54, 1.807) is 0 Å².